The zero-order valence-corrected chi connectivity index (χ0v) is 27.7. The van der Waals surface area contributed by atoms with Gasteiger partial charge in [-0.25, -0.2) is 16.8 Å². The molecule has 0 bridgehead atoms. The number of sulfonamides is 2. The van der Waals surface area contributed by atoms with Crippen molar-refractivity contribution in [2.24, 2.45) is 0 Å². The number of amides is 1. The lowest BCUT2D eigenvalue weighted by atomic mass is 10.1. The molecule has 0 atom stereocenters. The molecule has 0 saturated carbocycles. The van der Waals surface area contributed by atoms with Crippen molar-refractivity contribution < 1.29 is 21.6 Å². The molecule has 236 valence electrons. The standard InChI is InChI=1S/C35H32ClN3O5S2/c1-24-9-18-31(19-10-24)46(43,44)39(23-27-12-14-28(36)15-13-27)34-7-5-4-6-32(34)35(40)37-29-16-20-30(21-17-29)45(41,42)38-33-22-25(2)8-11-26(33)3/h4-22,38H,23H2,1-3H3,(H,37,40). The molecule has 0 aromatic heterocycles. The molecule has 0 unspecified atom stereocenters. The van der Waals surface area contributed by atoms with Crippen molar-refractivity contribution in [1.29, 1.82) is 0 Å². The van der Waals surface area contributed by atoms with E-state index in [2.05, 4.69) is 10.0 Å². The highest BCUT2D eigenvalue weighted by atomic mass is 35.5. The maximum atomic E-state index is 14.1. The molecule has 8 nitrogen and oxygen atoms in total. The molecular weight excluding hydrogens is 642 g/mol. The zero-order valence-electron chi connectivity index (χ0n) is 25.4. The van der Waals surface area contributed by atoms with Crippen LogP contribution in [0.5, 0.6) is 0 Å². The van der Waals surface area contributed by atoms with Crippen LogP contribution in [-0.4, -0.2) is 22.7 Å². The molecule has 11 heteroatoms. The molecular formula is C35H32ClN3O5S2. The van der Waals surface area contributed by atoms with Crippen molar-refractivity contribution in [2.75, 3.05) is 14.3 Å². The molecule has 2 N–H and O–H groups in total. The van der Waals surface area contributed by atoms with Gasteiger partial charge in [-0.15, -0.1) is 0 Å². The van der Waals surface area contributed by atoms with Gasteiger partial charge in [0.15, 0.2) is 0 Å². The molecule has 0 aliphatic heterocycles. The third-order valence-corrected chi connectivity index (χ3v) is 10.7. The molecule has 0 aliphatic carbocycles. The van der Waals surface area contributed by atoms with E-state index in [1.54, 1.807) is 60.7 Å². The predicted molar refractivity (Wildman–Crippen MR) is 184 cm³/mol. The van der Waals surface area contributed by atoms with Crippen molar-refractivity contribution in [3.05, 3.63) is 148 Å². The number of carbonyl (C=O) groups excluding carboxylic acids is 1. The Morgan fingerprint density at radius 1 is 0.717 bits per heavy atom. The fourth-order valence-corrected chi connectivity index (χ4v) is 7.46. The average Bonchev–Trinajstić information content (AvgIpc) is 3.03. The minimum atomic E-state index is -4.12. The van der Waals surface area contributed by atoms with Crippen LogP contribution in [0.4, 0.5) is 17.1 Å². The third kappa shape index (κ3) is 7.42. The van der Waals surface area contributed by atoms with Crippen LogP contribution in [-0.2, 0) is 26.6 Å². The molecule has 1 amide bonds. The molecule has 46 heavy (non-hydrogen) atoms. The first-order chi connectivity index (χ1) is 21.8. The van der Waals surface area contributed by atoms with Crippen molar-refractivity contribution in [3.63, 3.8) is 0 Å². The highest BCUT2D eigenvalue weighted by Crippen LogP contribution is 2.31. The first-order valence-electron chi connectivity index (χ1n) is 14.3. The van der Waals surface area contributed by atoms with Gasteiger partial charge in [-0.3, -0.25) is 13.8 Å². The summed E-state index contributed by atoms with van der Waals surface area (Å²) in [5.74, 6) is -0.570. The van der Waals surface area contributed by atoms with E-state index in [-0.39, 0.29) is 27.6 Å². The molecule has 5 aromatic rings. The van der Waals surface area contributed by atoms with Gasteiger partial charge in [-0.05, 0) is 104 Å². The normalized spacial score (nSPS) is 11.6. The number of rotatable bonds is 10. The van der Waals surface area contributed by atoms with E-state index >= 15 is 0 Å². The number of para-hydroxylation sites is 1. The summed E-state index contributed by atoms with van der Waals surface area (Å²) in [6, 6.07) is 31.0. The van der Waals surface area contributed by atoms with E-state index in [0.717, 1.165) is 16.7 Å². The number of carbonyl (C=O) groups is 1. The fourth-order valence-electron chi connectivity index (χ4n) is 4.74. The quantitative estimate of drug-likeness (QED) is 0.158. The minimum absolute atomic E-state index is 0.0186. The molecule has 0 saturated heterocycles. The lowest BCUT2D eigenvalue weighted by molar-refractivity contribution is 0.102. The van der Waals surface area contributed by atoms with Crippen molar-refractivity contribution in [3.8, 4) is 0 Å². The summed E-state index contributed by atoms with van der Waals surface area (Å²) in [6.45, 7) is 5.50. The summed E-state index contributed by atoms with van der Waals surface area (Å²) in [5, 5.41) is 3.29. The summed E-state index contributed by atoms with van der Waals surface area (Å²) in [4.78, 5) is 13.8. The molecule has 0 radical (unpaired) electrons. The van der Waals surface area contributed by atoms with Gasteiger partial charge >= 0.3 is 0 Å². The smallest absolute Gasteiger partial charge is 0.264 e. The number of hydrogen-bond donors (Lipinski definition) is 2. The first kappa shape index (κ1) is 32.7. The summed E-state index contributed by atoms with van der Waals surface area (Å²) in [6.07, 6.45) is 0. The van der Waals surface area contributed by atoms with Crippen LogP contribution in [0.25, 0.3) is 0 Å². The van der Waals surface area contributed by atoms with Gasteiger partial charge in [0.1, 0.15) is 0 Å². The Morgan fingerprint density at radius 2 is 1.33 bits per heavy atom. The lowest BCUT2D eigenvalue weighted by Crippen LogP contribution is -2.32. The lowest BCUT2D eigenvalue weighted by Gasteiger charge is -2.27. The number of nitrogens with one attached hydrogen (secondary N) is 2. The summed E-state index contributed by atoms with van der Waals surface area (Å²) in [5.41, 5.74) is 4.37. The van der Waals surface area contributed by atoms with E-state index in [9.17, 15) is 21.6 Å². The highest BCUT2D eigenvalue weighted by Gasteiger charge is 2.29. The zero-order chi connectivity index (χ0) is 33.1. The van der Waals surface area contributed by atoms with Gasteiger partial charge in [-0.1, -0.05) is 65.7 Å². The van der Waals surface area contributed by atoms with Gasteiger partial charge in [0.05, 0.1) is 33.3 Å². The van der Waals surface area contributed by atoms with Crippen molar-refractivity contribution >= 4 is 54.6 Å². The third-order valence-electron chi connectivity index (χ3n) is 7.33. The van der Waals surface area contributed by atoms with E-state index in [1.165, 1.54) is 46.8 Å². The second kappa shape index (κ2) is 13.4. The van der Waals surface area contributed by atoms with Crippen LogP contribution in [0.2, 0.25) is 5.02 Å². The van der Waals surface area contributed by atoms with E-state index in [0.29, 0.717) is 22.0 Å². The predicted octanol–water partition coefficient (Wildman–Crippen LogP) is 7.71. The Hall–Kier alpha value is -4.64. The topological polar surface area (TPSA) is 113 Å². The second-order valence-corrected chi connectivity index (χ2v) is 14.9. The van der Waals surface area contributed by atoms with Crippen LogP contribution >= 0.6 is 11.6 Å². The Balaban J connectivity index is 1.44. The SMILES string of the molecule is Cc1ccc(S(=O)(=O)N(Cc2ccc(Cl)cc2)c2ccccc2C(=O)Nc2ccc(S(=O)(=O)Nc3cc(C)ccc3C)cc2)cc1. The van der Waals surface area contributed by atoms with Crippen LogP contribution in [0.1, 0.15) is 32.6 Å². The van der Waals surface area contributed by atoms with Crippen molar-refractivity contribution in [1.82, 2.24) is 0 Å². The summed E-state index contributed by atoms with van der Waals surface area (Å²) in [7, 11) is -8.01. The molecule has 0 spiro atoms. The molecule has 5 rings (SSSR count). The van der Waals surface area contributed by atoms with Gasteiger partial charge in [0.25, 0.3) is 26.0 Å². The van der Waals surface area contributed by atoms with Gasteiger partial charge in [0.2, 0.25) is 0 Å². The Kier molecular flexibility index (Phi) is 9.52. The fraction of sp³-hybridized carbons (Fsp3) is 0.114. The van der Waals surface area contributed by atoms with Crippen LogP contribution in [0, 0.1) is 20.8 Å². The molecule has 0 fully saturated rings. The first-order valence-corrected chi connectivity index (χ1v) is 17.6. The number of halogens is 1. The number of nitrogens with zero attached hydrogens (tertiary/aromatic N) is 1. The number of anilines is 3. The maximum Gasteiger partial charge on any atom is 0.264 e. The van der Waals surface area contributed by atoms with Crippen molar-refractivity contribution in [2.45, 2.75) is 37.1 Å². The highest BCUT2D eigenvalue weighted by molar-refractivity contribution is 7.93. The maximum absolute atomic E-state index is 14.1. The largest absolute Gasteiger partial charge is 0.322 e. The monoisotopic (exact) mass is 673 g/mol. The average molecular weight is 674 g/mol. The van der Waals surface area contributed by atoms with Crippen LogP contribution < -0.4 is 14.3 Å². The van der Waals surface area contributed by atoms with E-state index in [4.69, 9.17) is 11.6 Å². The van der Waals surface area contributed by atoms with E-state index < -0.39 is 26.0 Å². The molecule has 5 aromatic carbocycles. The minimum Gasteiger partial charge on any atom is -0.322 e. The Bertz CT molecular complexity index is 2100. The Labute approximate surface area is 274 Å². The number of benzene rings is 5. The molecule has 0 heterocycles. The molecule has 0 aliphatic rings. The van der Waals surface area contributed by atoms with Gasteiger partial charge in [-0.2, -0.15) is 0 Å². The Morgan fingerprint density at radius 3 is 2.00 bits per heavy atom. The van der Waals surface area contributed by atoms with E-state index in [1.807, 2.05) is 32.9 Å². The van der Waals surface area contributed by atoms with Gasteiger partial charge < -0.3 is 5.32 Å². The number of aryl methyl sites for hydroxylation is 3. The number of hydrogen-bond acceptors (Lipinski definition) is 5. The summed E-state index contributed by atoms with van der Waals surface area (Å²) < 4.78 is 58.1. The van der Waals surface area contributed by atoms with Gasteiger partial charge in [0, 0.05) is 10.7 Å². The second-order valence-electron chi connectivity index (χ2n) is 10.9. The van der Waals surface area contributed by atoms with Crippen LogP contribution in [0.3, 0.4) is 0 Å². The summed E-state index contributed by atoms with van der Waals surface area (Å²) >= 11 is 6.07. The van der Waals surface area contributed by atoms with Crippen LogP contribution in [0.15, 0.2) is 125 Å².